The molecule has 0 aliphatic carbocycles. The normalized spacial score (nSPS) is 17.9. The van der Waals surface area contributed by atoms with Crippen LogP contribution in [0.4, 0.5) is 0 Å². The number of carbonyl (C=O) groups is 4. The highest BCUT2D eigenvalue weighted by atomic mass is 32.1. The van der Waals surface area contributed by atoms with Crippen LogP contribution in [-0.2, 0) is 36.7 Å². The van der Waals surface area contributed by atoms with E-state index in [2.05, 4.69) is 20.9 Å². The van der Waals surface area contributed by atoms with Crippen LogP contribution in [0.3, 0.4) is 0 Å². The average Bonchev–Trinajstić information content (AvgIpc) is 3.60. The van der Waals surface area contributed by atoms with Gasteiger partial charge >= 0.3 is 0 Å². The summed E-state index contributed by atoms with van der Waals surface area (Å²) >= 11 is 1.23. The van der Waals surface area contributed by atoms with E-state index in [1.807, 2.05) is 60.7 Å². The minimum atomic E-state index is -1.11. The molecule has 0 bridgehead atoms. The van der Waals surface area contributed by atoms with E-state index in [-0.39, 0.29) is 25.4 Å². The van der Waals surface area contributed by atoms with Crippen molar-refractivity contribution >= 4 is 34.8 Å². The number of aromatic nitrogens is 1. The molecule has 4 atom stereocenters. The van der Waals surface area contributed by atoms with Gasteiger partial charge in [-0.15, -0.1) is 11.3 Å². The second-order valence-electron chi connectivity index (χ2n) is 10.4. The molecule has 3 N–H and O–H groups in total. The van der Waals surface area contributed by atoms with Crippen LogP contribution in [0.5, 0.6) is 0 Å². The van der Waals surface area contributed by atoms with Gasteiger partial charge in [0, 0.05) is 7.11 Å². The number of nitrogens with zero attached hydrogens (tertiary/aromatic N) is 1. The SMILES string of the molecule is COC[C@H](NC(=O)[C@H](CCc1ccccc1)NC(=O)c1cnc(C)s1)C(=O)N[C@@H](Cc1ccccc1)C(=O)[C@@]1(C)CO1. The molecule has 1 aliphatic heterocycles. The van der Waals surface area contributed by atoms with E-state index in [9.17, 15) is 19.2 Å². The van der Waals surface area contributed by atoms with Gasteiger partial charge in [-0.2, -0.15) is 0 Å². The van der Waals surface area contributed by atoms with Gasteiger partial charge in [-0.05, 0) is 44.2 Å². The number of ether oxygens (including phenoxy) is 2. The molecule has 0 saturated carbocycles. The van der Waals surface area contributed by atoms with E-state index >= 15 is 0 Å². The van der Waals surface area contributed by atoms with Crippen LogP contribution in [0.15, 0.2) is 66.9 Å². The number of epoxide rings is 1. The number of hydrogen-bond donors (Lipinski definition) is 3. The summed E-state index contributed by atoms with van der Waals surface area (Å²) in [6.07, 6.45) is 2.55. The highest BCUT2D eigenvalue weighted by Gasteiger charge is 2.50. The maximum Gasteiger partial charge on any atom is 0.263 e. The summed E-state index contributed by atoms with van der Waals surface area (Å²) in [7, 11) is 1.42. The van der Waals surface area contributed by atoms with Gasteiger partial charge in [0.2, 0.25) is 11.8 Å². The van der Waals surface area contributed by atoms with Crippen molar-refractivity contribution < 1.29 is 28.7 Å². The number of Topliss-reactive ketones (excluding diaryl/α,β-unsaturated/α-hetero) is 1. The van der Waals surface area contributed by atoms with E-state index in [1.54, 1.807) is 13.8 Å². The highest BCUT2D eigenvalue weighted by molar-refractivity contribution is 7.13. The molecule has 0 spiro atoms. The Balaban J connectivity index is 1.48. The van der Waals surface area contributed by atoms with Crippen molar-refractivity contribution in [3.05, 3.63) is 87.9 Å². The summed E-state index contributed by atoms with van der Waals surface area (Å²) in [5, 5.41) is 9.07. The van der Waals surface area contributed by atoms with Crippen LogP contribution in [0.25, 0.3) is 0 Å². The Morgan fingerprint density at radius 3 is 2.10 bits per heavy atom. The molecule has 1 aromatic heterocycles. The van der Waals surface area contributed by atoms with Crippen molar-refractivity contribution in [3.63, 3.8) is 0 Å². The summed E-state index contributed by atoms with van der Waals surface area (Å²) in [6, 6.07) is 16.0. The fourth-order valence-corrected chi connectivity index (χ4v) is 5.17. The number of hydrogen-bond acceptors (Lipinski definition) is 8. The van der Waals surface area contributed by atoms with Gasteiger partial charge < -0.3 is 25.4 Å². The molecule has 0 radical (unpaired) electrons. The first-order valence-corrected chi connectivity index (χ1v) is 14.6. The first kappa shape index (κ1) is 31.0. The number of ketones is 1. The largest absolute Gasteiger partial charge is 0.382 e. The summed E-state index contributed by atoms with van der Waals surface area (Å²) < 4.78 is 10.6. The third kappa shape index (κ3) is 8.54. The molecule has 1 fully saturated rings. The van der Waals surface area contributed by atoms with Crippen LogP contribution in [0.2, 0.25) is 0 Å². The van der Waals surface area contributed by atoms with Crippen LogP contribution in [0.1, 0.15) is 39.2 Å². The predicted octanol–water partition coefficient (Wildman–Crippen LogP) is 2.40. The number of methoxy groups -OCH3 is 1. The molecular formula is C31H36N4O6S. The predicted molar refractivity (Wildman–Crippen MR) is 158 cm³/mol. The summed E-state index contributed by atoms with van der Waals surface area (Å²) in [6.45, 7) is 3.64. The molecule has 1 saturated heterocycles. The molecule has 42 heavy (non-hydrogen) atoms. The van der Waals surface area contributed by atoms with E-state index < -0.39 is 41.4 Å². The monoisotopic (exact) mass is 592 g/mol. The number of thiazole rings is 1. The van der Waals surface area contributed by atoms with Gasteiger partial charge in [-0.25, -0.2) is 4.98 Å². The molecular weight excluding hydrogens is 556 g/mol. The number of benzene rings is 2. The minimum Gasteiger partial charge on any atom is -0.382 e. The number of amides is 3. The summed E-state index contributed by atoms with van der Waals surface area (Å²) in [5.74, 6) is -1.78. The Bertz CT molecular complexity index is 1380. The van der Waals surface area contributed by atoms with Gasteiger partial charge in [-0.3, -0.25) is 19.2 Å². The van der Waals surface area contributed by atoms with Crippen molar-refractivity contribution in [1.29, 1.82) is 0 Å². The Hall–Kier alpha value is -3.93. The summed E-state index contributed by atoms with van der Waals surface area (Å²) in [5.41, 5.74) is 0.923. The quantitative estimate of drug-likeness (QED) is 0.230. The standard InChI is InChI=1S/C31H36N4O6S/c1-20-32-17-26(42-20)30(39)33-23(15-14-21-10-6-4-7-11-21)28(37)35-25(18-40-3)29(38)34-24(27(36)31(2)19-41-31)16-22-12-8-5-9-13-22/h4-13,17,23-25H,14-16,18-19H2,1-3H3,(H,33,39)(H,34,38)(H,35,37)/t23-,24-,25-,31+/m0/s1. The molecule has 222 valence electrons. The fraction of sp³-hybridized carbons (Fsp3) is 0.387. The van der Waals surface area contributed by atoms with Crippen LogP contribution in [-0.4, -0.2) is 72.5 Å². The van der Waals surface area contributed by atoms with Gasteiger partial charge in [-0.1, -0.05) is 60.7 Å². The topological polar surface area (TPSA) is 139 Å². The van der Waals surface area contributed by atoms with Gasteiger partial charge in [0.05, 0.1) is 30.5 Å². The van der Waals surface area contributed by atoms with Crippen molar-refractivity contribution in [2.45, 2.75) is 56.8 Å². The van der Waals surface area contributed by atoms with Gasteiger partial charge in [0.1, 0.15) is 22.6 Å². The Morgan fingerprint density at radius 2 is 1.52 bits per heavy atom. The van der Waals surface area contributed by atoms with E-state index in [0.717, 1.165) is 16.1 Å². The number of carbonyl (C=O) groups excluding carboxylic acids is 4. The van der Waals surface area contributed by atoms with Crippen molar-refractivity contribution in [1.82, 2.24) is 20.9 Å². The number of rotatable bonds is 15. The number of nitrogens with one attached hydrogen (secondary N) is 3. The Labute approximate surface area is 249 Å². The second kappa shape index (κ2) is 14.3. The maximum atomic E-state index is 13.5. The molecule has 3 amide bonds. The molecule has 2 aromatic carbocycles. The highest BCUT2D eigenvalue weighted by Crippen LogP contribution is 2.29. The molecule has 11 heteroatoms. The molecule has 10 nitrogen and oxygen atoms in total. The zero-order chi connectivity index (χ0) is 30.1. The van der Waals surface area contributed by atoms with Crippen molar-refractivity contribution in [2.24, 2.45) is 0 Å². The zero-order valence-corrected chi connectivity index (χ0v) is 24.7. The zero-order valence-electron chi connectivity index (χ0n) is 23.9. The molecule has 3 aromatic rings. The van der Waals surface area contributed by atoms with Crippen LogP contribution >= 0.6 is 11.3 Å². The molecule has 2 heterocycles. The van der Waals surface area contributed by atoms with Crippen molar-refractivity contribution in [2.75, 3.05) is 20.3 Å². The lowest BCUT2D eigenvalue weighted by Crippen LogP contribution is -2.58. The van der Waals surface area contributed by atoms with Crippen molar-refractivity contribution in [3.8, 4) is 0 Å². The lowest BCUT2D eigenvalue weighted by atomic mass is 9.94. The Morgan fingerprint density at radius 1 is 0.929 bits per heavy atom. The first-order valence-electron chi connectivity index (χ1n) is 13.8. The van der Waals surface area contributed by atoms with E-state index in [4.69, 9.17) is 9.47 Å². The lowest BCUT2D eigenvalue weighted by Gasteiger charge is -2.25. The maximum absolute atomic E-state index is 13.5. The third-order valence-electron chi connectivity index (χ3n) is 7.01. The van der Waals surface area contributed by atoms with Gasteiger partial charge in [0.25, 0.3) is 5.91 Å². The van der Waals surface area contributed by atoms with Crippen LogP contribution in [0, 0.1) is 6.92 Å². The lowest BCUT2D eigenvalue weighted by molar-refractivity contribution is -0.134. The molecule has 0 unspecified atom stereocenters. The third-order valence-corrected chi connectivity index (χ3v) is 7.92. The molecule has 4 rings (SSSR count). The van der Waals surface area contributed by atoms with E-state index in [0.29, 0.717) is 17.7 Å². The van der Waals surface area contributed by atoms with E-state index in [1.165, 1.54) is 24.6 Å². The smallest absolute Gasteiger partial charge is 0.263 e. The van der Waals surface area contributed by atoms with Crippen LogP contribution < -0.4 is 16.0 Å². The molecule has 1 aliphatic rings. The average molecular weight is 593 g/mol. The fourth-order valence-electron chi connectivity index (χ4n) is 4.49. The minimum absolute atomic E-state index is 0.134. The number of aryl methyl sites for hydroxylation is 2. The van der Waals surface area contributed by atoms with Gasteiger partial charge in [0.15, 0.2) is 5.78 Å². The Kier molecular flexibility index (Phi) is 10.6. The first-order chi connectivity index (χ1) is 20.2. The summed E-state index contributed by atoms with van der Waals surface area (Å²) in [4.78, 5) is 57.7. The second-order valence-corrected chi connectivity index (χ2v) is 11.7.